The molecule has 0 unspecified atom stereocenters. The average molecular weight is 295 g/mol. The van der Waals surface area contributed by atoms with Crippen molar-refractivity contribution in [2.75, 3.05) is 18.0 Å². The van der Waals surface area contributed by atoms with Gasteiger partial charge in [0.25, 0.3) is 0 Å². The number of anilines is 1. The summed E-state index contributed by atoms with van der Waals surface area (Å²) in [4.78, 5) is 10.2. The lowest BCUT2D eigenvalue weighted by Crippen LogP contribution is -2.29. The Hall–Kier alpha value is -2.36. The minimum Gasteiger partial charge on any atom is -0.370 e. The van der Waals surface area contributed by atoms with E-state index in [1.54, 1.807) is 6.07 Å². The highest BCUT2D eigenvalue weighted by atomic mass is 19.1. The second kappa shape index (κ2) is 5.44. The van der Waals surface area contributed by atoms with Gasteiger partial charge in [-0.15, -0.1) is 0 Å². The number of aromatic nitrogens is 2. The molecule has 3 nitrogen and oxygen atoms in total. The second-order valence-corrected chi connectivity index (χ2v) is 5.86. The minimum absolute atomic E-state index is 0.227. The van der Waals surface area contributed by atoms with E-state index in [0.717, 1.165) is 35.4 Å². The van der Waals surface area contributed by atoms with Crippen LogP contribution in [0.25, 0.3) is 22.3 Å². The molecule has 1 saturated heterocycles. The first-order valence-electron chi connectivity index (χ1n) is 7.79. The average Bonchev–Trinajstić information content (AvgIpc) is 2.99. The van der Waals surface area contributed by atoms with Gasteiger partial charge in [0.2, 0.25) is 0 Å². The van der Waals surface area contributed by atoms with Crippen molar-refractivity contribution in [1.29, 1.82) is 0 Å². The molecule has 112 valence electrons. The molecule has 0 radical (unpaired) electrons. The first kappa shape index (κ1) is 13.3. The standard InChI is InChI=1S/C18H18FN3/c19-14-5-4-13-10-18(21-17(13)11-14)16-7-6-15(12-20-16)22-8-2-1-3-9-22/h4-7,10-12,21H,1-3,8-9H2. The Bertz CT molecular complexity index is 786. The molecule has 22 heavy (non-hydrogen) atoms. The quantitative estimate of drug-likeness (QED) is 0.761. The van der Waals surface area contributed by atoms with Crippen LogP contribution >= 0.6 is 0 Å². The van der Waals surface area contributed by atoms with Gasteiger partial charge < -0.3 is 9.88 Å². The molecule has 1 fully saturated rings. The first-order chi connectivity index (χ1) is 10.8. The van der Waals surface area contributed by atoms with E-state index in [0.29, 0.717) is 0 Å². The smallest absolute Gasteiger partial charge is 0.125 e. The normalized spacial score (nSPS) is 15.4. The summed E-state index contributed by atoms with van der Waals surface area (Å²) in [5.74, 6) is -0.227. The Morgan fingerprint density at radius 1 is 1.00 bits per heavy atom. The molecule has 1 aliphatic heterocycles. The van der Waals surface area contributed by atoms with Crippen LogP contribution in [-0.4, -0.2) is 23.1 Å². The number of halogens is 1. The summed E-state index contributed by atoms with van der Waals surface area (Å²) < 4.78 is 13.3. The van der Waals surface area contributed by atoms with Crippen molar-refractivity contribution in [3.8, 4) is 11.4 Å². The monoisotopic (exact) mass is 295 g/mol. The van der Waals surface area contributed by atoms with Crippen molar-refractivity contribution in [2.45, 2.75) is 19.3 Å². The molecule has 4 heteroatoms. The summed E-state index contributed by atoms with van der Waals surface area (Å²) >= 11 is 0. The molecule has 0 aliphatic carbocycles. The van der Waals surface area contributed by atoms with Gasteiger partial charge in [0.15, 0.2) is 0 Å². The molecular formula is C18H18FN3. The van der Waals surface area contributed by atoms with Crippen molar-refractivity contribution >= 4 is 16.6 Å². The van der Waals surface area contributed by atoms with Crippen LogP contribution in [0, 0.1) is 5.82 Å². The van der Waals surface area contributed by atoms with Crippen molar-refractivity contribution in [3.05, 3.63) is 48.4 Å². The molecule has 0 spiro atoms. The fraction of sp³-hybridized carbons (Fsp3) is 0.278. The third-order valence-corrected chi connectivity index (χ3v) is 4.33. The number of hydrogen-bond acceptors (Lipinski definition) is 2. The van der Waals surface area contributed by atoms with Crippen LogP contribution in [0.15, 0.2) is 42.6 Å². The number of nitrogens with zero attached hydrogens (tertiary/aromatic N) is 2. The Morgan fingerprint density at radius 2 is 1.86 bits per heavy atom. The molecule has 0 bridgehead atoms. The zero-order chi connectivity index (χ0) is 14.9. The Labute approximate surface area is 128 Å². The van der Waals surface area contributed by atoms with Crippen LogP contribution in [0.4, 0.5) is 10.1 Å². The van der Waals surface area contributed by atoms with Crippen molar-refractivity contribution in [2.24, 2.45) is 0 Å². The van der Waals surface area contributed by atoms with Gasteiger partial charge in [0.05, 0.1) is 23.3 Å². The van der Waals surface area contributed by atoms with Crippen molar-refractivity contribution < 1.29 is 4.39 Å². The minimum atomic E-state index is -0.227. The molecule has 3 heterocycles. The maximum atomic E-state index is 13.3. The number of aromatic amines is 1. The Kier molecular flexibility index (Phi) is 3.29. The van der Waals surface area contributed by atoms with Gasteiger partial charge in [-0.3, -0.25) is 4.98 Å². The van der Waals surface area contributed by atoms with Crippen molar-refractivity contribution in [3.63, 3.8) is 0 Å². The number of nitrogens with one attached hydrogen (secondary N) is 1. The zero-order valence-corrected chi connectivity index (χ0v) is 12.3. The molecular weight excluding hydrogens is 277 g/mol. The lowest BCUT2D eigenvalue weighted by molar-refractivity contribution is 0.577. The summed E-state index contributed by atoms with van der Waals surface area (Å²) in [6.45, 7) is 2.24. The highest BCUT2D eigenvalue weighted by Gasteiger charge is 2.12. The second-order valence-electron chi connectivity index (χ2n) is 5.86. The van der Waals surface area contributed by atoms with E-state index in [4.69, 9.17) is 0 Å². The van der Waals surface area contributed by atoms with Gasteiger partial charge in [-0.2, -0.15) is 0 Å². The SMILES string of the molecule is Fc1ccc2cc(-c3ccc(N4CCCCC4)cn3)[nH]c2c1. The van der Waals surface area contributed by atoms with Crippen LogP contribution in [0.2, 0.25) is 0 Å². The van der Waals surface area contributed by atoms with Crippen LogP contribution in [0.1, 0.15) is 19.3 Å². The summed E-state index contributed by atoms with van der Waals surface area (Å²) in [6.07, 6.45) is 5.78. The van der Waals surface area contributed by atoms with Crippen LogP contribution in [0.3, 0.4) is 0 Å². The number of benzene rings is 1. The number of fused-ring (bicyclic) bond motifs is 1. The third kappa shape index (κ3) is 2.45. The summed E-state index contributed by atoms with van der Waals surface area (Å²) in [5.41, 5.74) is 3.80. The number of hydrogen-bond donors (Lipinski definition) is 1. The molecule has 1 N–H and O–H groups in total. The molecule has 0 saturated carbocycles. The molecule has 0 atom stereocenters. The molecule has 1 aromatic carbocycles. The van der Waals surface area contributed by atoms with Gasteiger partial charge in [-0.1, -0.05) is 0 Å². The van der Waals surface area contributed by atoms with E-state index in [9.17, 15) is 4.39 Å². The fourth-order valence-corrected chi connectivity index (χ4v) is 3.12. The van der Waals surface area contributed by atoms with Crippen molar-refractivity contribution in [1.82, 2.24) is 9.97 Å². The van der Waals surface area contributed by atoms with Crippen LogP contribution in [0.5, 0.6) is 0 Å². The van der Waals surface area contributed by atoms with E-state index >= 15 is 0 Å². The highest BCUT2D eigenvalue weighted by Crippen LogP contribution is 2.25. The van der Waals surface area contributed by atoms with Gasteiger partial charge in [0, 0.05) is 24.0 Å². The molecule has 0 amide bonds. The van der Waals surface area contributed by atoms with Gasteiger partial charge in [0.1, 0.15) is 5.82 Å². The number of pyridine rings is 1. The van der Waals surface area contributed by atoms with Crippen LogP contribution in [-0.2, 0) is 0 Å². The van der Waals surface area contributed by atoms with Gasteiger partial charge in [-0.05, 0) is 55.7 Å². The van der Waals surface area contributed by atoms with E-state index in [2.05, 4.69) is 20.9 Å². The summed E-state index contributed by atoms with van der Waals surface area (Å²) in [7, 11) is 0. The summed E-state index contributed by atoms with van der Waals surface area (Å²) in [6, 6.07) is 10.9. The lowest BCUT2D eigenvalue weighted by atomic mass is 10.1. The number of piperidine rings is 1. The Morgan fingerprint density at radius 3 is 2.64 bits per heavy atom. The fourth-order valence-electron chi connectivity index (χ4n) is 3.12. The van der Waals surface area contributed by atoms with E-state index in [1.165, 1.54) is 37.1 Å². The highest BCUT2D eigenvalue weighted by molar-refractivity contribution is 5.85. The zero-order valence-electron chi connectivity index (χ0n) is 12.3. The third-order valence-electron chi connectivity index (χ3n) is 4.33. The first-order valence-corrected chi connectivity index (χ1v) is 7.79. The Balaban J connectivity index is 1.63. The van der Waals surface area contributed by atoms with Gasteiger partial charge >= 0.3 is 0 Å². The van der Waals surface area contributed by atoms with Gasteiger partial charge in [-0.25, -0.2) is 4.39 Å². The molecule has 3 aromatic rings. The van der Waals surface area contributed by atoms with Crippen LogP contribution < -0.4 is 4.90 Å². The molecule has 1 aliphatic rings. The number of rotatable bonds is 2. The topological polar surface area (TPSA) is 31.9 Å². The predicted molar refractivity (Wildman–Crippen MR) is 87.6 cm³/mol. The molecule has 4 rings (SSSR count). The molecule has 2 aromatic heterocycles. The maximum absolute atomic E-state index is 13.3. The summed E-state index contributed by atoms with van der Waals surface area (Å²) in [5, 5.41) is 0.998. The van der Waals surface area contributed by atoms with E-state index < -0.39 is 0 Å². The lowest BCUT2D eigenvalue weighted by Gasteiger charge is -2.28. The largest absolute Gasteiger partial charge is 0.370 e. The maximum Gasteiger partial charge on any atom is 0.125 e. The predicted octanol–water partition coefficient (Wildman–Crippen LogP) is 4.36. The number of H-pyrrole nitrogens is 1. The van der Waals surface area contributed by atoms with E-state index in [-0.39, 0.29) is 5.82 Å². The van der Waals surface area contributed by atoms with E-state index in [1.807, 2.05) is 18.3 Å².